The first-order valence-corrected chi connectivity index (χ1v) is 13.7. The van der Waals surface area contributed by atoms with E-state index in [4.69, 9.17) is 39.5 Å². The highest BCUT2D eigenvalue weighted by Gasteiger charge is 2.29. The predicted molar refractivity (Wildman–Crippen MR) is 152 cm³/mol. The number of hydrogen-bond acceptors (Lipinski definition) is 4. The van der Waals surface area contributed by atoms with Crippen molar-refractivity contribution in [2.75, 3.05) is 13.2 Å². The highest BCUT2D eigenvalue weighted by molar-refractivity contribution is 6.36. The van der Waals surface area contributed by atoms with Crippen molar-refractivity contribution in [1.82, 2.24) is 20.2 Å². The number of nitrogens with one attached hydrogen (secondary N) is 2. The van der Waals surface area contributed by atoms with Gasteiger partial charge in [0.25, 0.3) is 18.2 Å². The van der Waals surface area contributed by atoms with Crippen LogP contribution in [0, 0.1) is 5.82 Å². The van der Waals surface area contributed by atoms with Gasteiger partial charge in [0, 0.05) is 31.1 Å². The minimum absolute atomic E-state index is 0.00655. The molecule has 0 aliphatic rings. The second-order valence-electron chi connectivity index (χ2n) is 9.38. The van der Waals surface area contributed by atoms with Crippen molar-refractivity contribution in [1.29, 1.82) is 0 Å². The maximum absolute atomic E-state index is 14.1. The van der Waals surface area contributed by atoms with Crippen molar-refractivity contribution >= 4 is 57.7 Å². The van der Waals surface area contributed by atoms with Crippen molar-refractivity contribution < 1.29 is 40.7 Å². The topological polar surface area (TPSA) is 85.2 Å². The van der Waals surface area contributed by atoms with Crippen LogP contribution in [0.4, 0.5) is 26.3 Å². The Kier molecular flexibility index (Phi) is 10.2. The van der Waals surface area contributed by atoms with Crippen LogP contribution in [0.25, 0.3) is 11.0 Å². The van der Waals surface area contributed by atoms with E-state index in [1.807, 2.05) is 0 Å². The number of ether oxygens (including phenoxy) is 1. The van der Waals surface area contributed by atoms with Crippen molar-refractivity contribution in [3.8, 4) is 5.75 Å². The molecule has 234 valence electrons. The molecule has 0 aliphatic heterocycles. The van der Waals surface area contributed by atoms with Crippen LogP contribution in [0.3, 0.4) is 0 Å². The normalized spacial score (nSPS) is 11.7. The zero-order chi connectivity index (χ0) is 32.3. The van der Waals surface area contributed by atoms with Crippen LogP contribution < -0.4 is 15.4 Å². The van der Waals surface area contributed by atoms with Gasteiger partial charge in [0.05, 0.1) is 32.2 Å². The van der Waals surface area contributed by atoms with Gasteiger partial charge >= 0.3 is 6.18 Å². The molecule has 0 spiro atoms. The van der Waals surface area contributed by atoms with Gasteiger partial charge in [-0.15, -0.1) is 0 Å². The number of amides is 2. The fraction of sp³-hybridized carbons (Fsp3) is 0.250. The quantitative estimate of drug-likeness (QED) is 0.175. The molecular weight excluding hydrogens is 661 g/mol. The lowest BCUT2D eigenvalue weighted by Crippen LogP contribution is -2.34. The Labute approximate surface area is 261 Å². The molecule has 0 unspecified atom stereocenters. The number of rotatable bonds is 10. The highest BCUT2D eigenvalue weighted by Crippen LogP contribution is 2.33. The number of imidazole rings is 1. The third-order valence-electron chi connectivity index (χ3n) is 6.36. The minimum Gasteiger partial charge on any atom is -0.487 e. The van der Waals surface area contributed by atoms with Gasteiger partial charge in [-0.05, 0) is 35.4 Å². The van der Waals surface area contributed by atoms with Gasteiger partial charge in [0.2, 0.25) is 0 Å². The molecule has 1 aromatic heterocycles. The van der Waals surface area contributed by atoms with Crippen LogP contribution in [-0.4, -0.2) is 47.1 Å². The molecule has 0 bridgehead atoms. The van der Waals surface area contributed by atoms with E-state index < -0.39 is 48.9 Å². The van der Waals surface area contributed by atoms with E-state index in [1.165, 1.54) is 24.3 Å². The summed E-state index contributed by atoms with van der Waals surface area (Å²) in [5, 5.41) is 4.58. The van der Waals surface area contributed by atoms with E-state index in [1.54, 1.807) is 23.0 Å². The van der Waals surface area contributed by atoms with Crippen molar-refractivity contribution in [2.24, 2.45) is 7.05 Å². The molecular formula is C28H21Cl3F6N4O3. The lowest BCUT2D eigenvalue weighted by Gasteiger charge is -2.14. The Bertz CT molecular complexity index is 1710. The maximum Gasteiger partial charge on any atom is 0.405 e. The summed E-state index contributed by atoms with van der Waals surface area (Å²) in [6.07, 6.45) is -7.61. The number of carbonyl (C=O) groups is 2. The van der Waals surface area contributed by atoms with Gasteiger partial charge in [-0.2, -0.15) is 13.2 Å². The molecule has 0 radical (unpaired) electrons. The minimum atomic E-state index is -4.71. The molecule has 2 amide bonds. The summed E-state index contributed by atoms with van der Waals surface area (Å²) in [5.74, 6) is -2.80. The lowest BCUT2D eigenvalue weighted by atomic mass is 10.1. The maximum atomic E-state index is 14.1. The van der Waals surface area contributed by atoms with Gasteiger partial charge in [0.15, 0.2) is 0 Å². The predicted octanol–water partition coefficient (Wildman–Crippen LogP) is 7.13. The first-order valence-electron chi connectivity index (χ1n) is 12.6. The molecule has 2 N–H and O–H groups in total. The van der Waals surface area contributed by atoms with Crippen molar-refractivity contribution in [3.05, 3.63) is 91.4 Å². The average molecular weight is 682 g/mol. The zero-order valence-electron chi connectivity index (χ0n) is 22.5. The smallest absolute Gasteiger partial charge is 0.405 e. The lowest BCUT2D eigenvalue weighted by molar-refractivity contribution is -0.123. The van der Waals surface area contributed by atoms with E-state index in [-0.39, 0.29) is 44.9 Å². The number of alkyl halides is 5. The SMILES string of the molecule is Cn1c(Cc2c(Cl)ccc(CNC(=O)c3c(F)cccc3Cl)c2Cl)nc2cc(C(=O)NCC(F)(F)F)c(OCC(F)F)cc21. The summed E-state index contributed by atoms with van der Waals surface area (Å²) >= 11 is 19.0. The zero-order valence-corrected chi connectivity index (χ0v) is 24.7. The van der Waals surface area contributed by atoms with Gasteiger partial charge in [-0.3, -0.25) is 9.59 Å². The van der Waals surface area contributed by atoms with Crippen molar-refractivity contribution in [2.45, 2.75) is 25.6 Å². The van der Waals surface area contributed by atoms with Crippen LogP contribution >= 0.6 is 34.8 Å². The number of halogens is 9. The van der Waals surface area contributed by atoms with E-state index in [0.717, 1.165) is 12.1 Å². The first kappa shape index (κ1) is 33.2. The van der Waals surface area contributed by atoms with Gasteiger partial charge in [-0.1, -0.05) is 46.9 Å². The molecule has 4 rings (SSSR count). The van der Waals surface area contributed by atoms with Gasteiger partial charge in [-0.25, -0.2) is 18.2 Å². The van der Waals surface area contributed by atoms with Crippen LogP contribution in [0.2, 0.25) is 15.1 Å². The van der Waals surface area contributed by atoms with Gasteiger partial charge < -0.3 is 19.9 Å². The van der Waals surface area contributed by atoms with E-state index in [2.05, 4.69) is 10.3 Å². The van der Waals surface area contributed by atoms with Crippen LogP contribution in [0.5, 0.6) is 5.75 Å². The van der Waals surface area contributed by atoms with E-state index in [9.17, 15) is 35.9 Å². The molecule has 0 aliphatic carbocycles. The number of benzene rings is 3. The summed E-state index contributed by atoms with van der Waals surface area (Å²) in [6.45, 7) is -2.86. The molecule has 4 aromatic rings. The standard InChI is InChI=1S/C28H21Cl3F6N4O3/c1-41-20-9-21(44-11-22(33)34)15(26(42)39-12-28(35,36)37)7-19(20)40-23(41)8-14-16(29)6-5-13(25(14)31)10-38-27(43)24-17(30)3-2-4-18(24)32/h2-7,9,22H,8,10-12H2,1H3,(H,38,43)(H,39,42). The largest absolute Gasteiger partial charge is 0.487 e. The van der Waals surface area contributed by atoms with Gasteiger partial charge in [0.1, 0.15) is 30.5 Å². The fourth-order valence-electron chi connectivity index (χ4n) is 4.23. The summed E-state index contributed by atoms with van der Waals surface area (Å²) in [4.78, 5) is 29.6. The number of aromatic nitrogens is 2. The number of fused-ring (bicyclic) bond motifs is 1. The second-order valence-corrected chi connectivity index (χ2v) is 10.6. The second kappa shape index (κ2) is 13.5. The molecule has 0 saturated heterocycles. The highest BCUT2D eigenvalue weighted by atomic mass is 35.5. The number of carbonyl (C=O) groups excluding carboxylic acids is 2. The molecule has 44 heavy (non-hydrogen) atoms. The van der Waals surface area contributed by atoms with Crippen LogP contribution in [-0.2, 0) is 20.0 Å². The van der Waals surface area contributed by atoms with E-state index >= 15 is 0 Å². The monoisotopic (exact) mass is 680 g/mol. The molecule has 16 heteroatoms. The molecule has 1 heterocycles. The number of nitrogens with zero attached hydrogens (tertiary/aromatic N) is 2. The van der Waals surface area contributed by atoms with Crippen molar-refractivity contribution in [3.63, 3.8) is 0 Å². The average Bonchev–Trinajstić information content (AvgIpc) is 3.25. The molecule has 0 fully saturated rings. The molecule has 7 nitrogen and oxygen atoms in total. The summed E-state index contributed by atoms with van der Waals surface area (Å²) in [5.41, 5.74) is 0.533. The Morgan fingerprint density at radius 2 is 1.75 bits per heavy atom. The first-order chi connectivity index (χ1) is 20.7. The summed E-state index contributed by atoms with van der Waals surface area (Å²) in [6, 6.07) is 9.27. The van der Waals surface area contributed by atoms with Crippen LogP contribution in [0.1, 0.15) is 37.7 Å². The third-order valence-corrected chi connectivity index (χ3v) is 7.50. The summed E-state index contributed by atoms with van der Waals surface area (Å²) < 4.78 is 84.5. The summed E-state index contributed by atoms with van der Waals surface area (Å²) in [7, 11) is 1.58. The Balaban J connectivity index is 1.64. The molecule has 0 saturated carbocycles. The van der Waals surface area contributed by atoms with Crippen LogP contribution in [0.15, 0.2) is 42.5 Å². The third kappa shape index (κ3) is 7.69. The molecule has 3 aromatic carbocycles. The Morgan fingerprint density at radius 3 is 2.41 bits per heavy atom. The molecule has 0 atom stereocenters. The number of aryl methyl sites for hydroxylation is 1. The Morgan fingerprint density at radius 1 is 1.02 bits per heavy atom. The van der Waals surface area contributed by atoms with E-state index in [0.29, 0.717) is 22.5 Å². The fourth-order valence-corrected chi connectivity index (χ4v) is 5.05. The Hall–Kier alpha value is -3.68. The number of hydrogen-bond donors (Lipinski definition) is 2.